The van der Waals surface area contributed by atoms with Crippen LogP contribution < -0.4 is 5.32 Å². The van der Waals surface area contributed by atoms with Gasteiger partial charge in [0.15, 0.2) is 0 Å². The molecule has 10 heteroatoms. The van der Waals surface area contributed by atoms with Crippen LogP contribution in [0, 0.1) is 11.8 Å². The zero-order valence-corrected chi connectivity index (χ0v) is 23.1. The first-order valence-electron chi connectivity index (χ1n) is 13.7. The summed E-state index contributed by atoms with van der Waals surface area (Å²) < 4.78 is 12.1. The lowest BCUT2D eigenvalue weighted by atomic mass is 9.70. The van der Waals surface area contributed by atoms with E-state index in [4.69, 9.17) is 9.47 Å². The van der Waals surface area contributed by atoms with Gasteiger partial charge in [0.1, 0.15) is 17.7 Å². The molecular formula is C28H43N3O7. The molecule has 3 aliphatic rings. The lowest BCUT2D eigenvalue weighted by Crippen LogP contribution is -2.59. The fraction of sp³-hybridized carbons (Fsp3) is 0.714. The highest BCUT2D eigenvalue weighted by Gasteiger charge is 2.75. The molecule has 3 aliphatic heterocycles. The molecule has 0 aromatic carbocycles. The van der Waals surface area contributed by atoms with E-state index in [0.717, 1.165) is 0 Å². The number of nitrogens with zero attached hydrogens (tertiary/aromatic N) is 2. The molecule has 3 saturated heterocycles. The number of esters is 1. The number of carbonyl (C=O) groups is 4. The number of amides is 3. The number of carbonyl (C=O) groups excluding carboxylic acids is 4. The van der Waals surface area contributed by atoms with E-state index < -0.39 is 47.7 Å². The van der Waals surface area contributed by atoms with Crippen LogP contribution in [0.25, 0.3) is 0 Å². The highest BCUT2D eigenvalue weighted by molar-refractivity contribution is 5.98. The number of hydrogen-bond donors (Lipinski definition) is 2. The second-order valence-electron chi connectivity index (χ2n) is 10.8. The van der Waals surface area contributed by atoms with E-state index in [1.165, 1.54) is 4.90 Å². The zero-order chi connectivity index (χ0) is 28.2. The van der Waals surface area contributed by atoms with Gasteiger partial charge in [-0.2, -0.15) is 0 Å². The van der Waals surface area contributed by atoms with Crippen LogP contribution >= 0.6 is 0 Å². The standard InChI is InChI=1S/C28H43N3O7/c1-7-10-11-21(33)29-15-18(6)37-27(36)22-20-12-13-28(38-20)23(22)25(34)31(19(9-3)16-32)24(28)26(35)30(14-8-2)17(4)5/h7-8,17-20,22-24,32H,1-2,9-16H2,3-6H3,(H,29,33)/t18-,19-,20-,22+,23+,24-,28+/m0/s1. The van der Waals surface area contributed by atoms with E-state index in [1.54, 1.807) is 24.0 Å². The largest absolute Gasteiger partial charge is 0.460 e. The van der Waals surface area contributed by atoms with E-state index in [2.05, 4.69) is 18.5 Å². The van der Waals surface area contributed by atoms with Gasteiger partial charge in [0.2, 0.25) is 17.7 Å². The monoisotopic (exact) mass is 533 g/mol. The number of likely N-dealkylation sites (tertiary alicyclic amines) is 1. The summed E-state index contributed by atoms with van der Waals surface area (Å²) in [6.45, 7) is 14.8. The third-order valence-corrected chi connectivity index (χ3v) is 8.03. The van der Waals surface area contributed by atoms with E-state index in [9.17, 15) is 24.3 Å². The number of hydrogen-bond acceptors (Lipinski definition) is 7. The summed E-state index contributed by atoms with van der Waals surface area (Å²) in [5, 5.41) is 12.9. The zero-order valence-electron chi connectivity index (χ0n) is 23.1. The first-order chi connectivity index (χ1) is 18.1. The molecule has 0 unspecified atom stereocenters. The van der Waals surface area contributed by atoms with E-state index >= 15 is 0 Å². The lowest BCUT2D eigenvalue weighted by molar-refractivity contribution is -0.160. The van der Waals surface area contributed by atoms with Crippen LogP contribution in [0.2, 0.25) is 0 Å². The summed E-state index contributed by atoms with van der Waals surface area (Å²) in [6, 6.07) is -1.69. The molecule has 0 aromatic rings. The van der Waals surface area contributed by atoms with E-state index in [0.29, 0.717) is 38.6 Å². The normalized spacial score (nSPS) is 29.1. The number of aliphatic hydroxyl groups is 1. The molecule has 7 atom stereocenters. The molecule has 38 heavy (non-hydrogen) atoms. The highest BCUT2D eigenvalue weighted by Crippen LogP contribution is 2.59. The minimum absolute atomic E-state index is 0.143. The predicted octanol–water partition coefficient (Wildman–Crippen LogP) is 1.57. The Balaban J connectivity index is 1.87. The Hall–Kier alpha value is -2.72. The summed E-state index contributed by atoms with van der Waals surface area (Å²) in [5.74, 6) is -3.11. The summed E-state index contributed by atoms with van der Waals surface area (Å²) in [4.78, 5) is 56.5. The smallest absolute Gasteiger partial charge is 0.312 e. The van der Waals surface area contributed by atoms with Crippen LogP contribution in [-0.2, 0) is 28.7 Å². The lowest BCUT2D eigenvalue weighted by Gasteiger charge is -2.40. The Morgan fingerprint density at radius 1 is 1.29 bits per heavy atom. The van der Waals surface area contributed by atoms with Gasteiger partial charge in [0.05, 0.1) is 37.1 Å². The van der Waals surface area contributed by atoms with Gasteiger partial charge in [-0.25, -0.2) is 0 Å². The number of nitrogens with one attached hydrogen (secondary N) is 1. The third-order valence-electron chi connectivity index (χ3n) is 8.03. The van der Waals surface area contributed by atoms with Crippen LogP contribution in [0.4, 0.5) is 0 Å². The molecule has 0 aromatic heterocycles. The molecule has 1 spiro atoms. The number of fused-ring (bicyclic) bond motifs is 1. The number of allylic oxidation sites excluding steroid dienone is 1. The molecule has 0 radical (unpaired) electrons. The maximum Gasteiger partial charge on any atom is 0.312 e. The summed E-state index contributed by atoms with van der Waals surface area (Å²) >= 11 is 0. The Morgan fingerprint density at radius 3 is 2.58 bits per heavy atom. The predicted molar refractivity (Wildman–Crippen MR) is 141 cm³/mol. The third kappa shape index (κ3) is 5.38. The van der Waals surface area contributed by atoms with E-state index in [-0.39, 0.29) is 36.9 Å². The van der Waals surface area contributed by atoms with Crippen molar-refractivity contribution in [2.45, 2.75) is 95.7 Å². The molecule has 3 heterocycles. The van der Waals surface area contributed by atoms with Crippen molar-refractivity contribution in [3.63, 3.8) is 0 Å². The van der Waals surface area contributed by atoms with Crippen molar-refractivity contribution in [1.82, 2.24) is 15.1 Å². The number of aliphatic hydroxyl groups excluding tert-OH is 1. The van der Waals surface area contributed by atoms with Crippen LogP contribution in [-0.4, -0.2) is 94.2 Å². The van der Waals surface area contributed by atoms with Crippen molar-refractivity contribution in [2.75, 3.05) is 19.7 Å². The fourth-order valence-corrected chi connectivity index (χ4v) is 6.19. The van der Waals surface area contributed by atoms with Gasteiger partial charge in [-0.15, -0.1) is 13.2 Å². The second kappa shape index (κ2) is 12.4. The molecule has 3 rings (SSSR count). The Kier molecular flexibility index (Phi) is 9.75. The fourth-order valence-electron chi connectivity index (χ4n) is 6.19. The van der Waals surface area contributed by atoms with Crippen LogP contribution in [0.15, 0.2) is 25.3 Å². The molecule has 3 fully saturated rings. The summed E-state index contributed by atoms with van der Waals surface area (Å²) in [5.41, 5.74) is -1.17. The number of ether oxygens (including phenoxy) is 2. The SMILES string of the molecule is C=CCCC(=O)NC[C@H](C)OC(=O)[C@@H]1[C@@H]2CC[C@]3(O2)[C@H](C(=O)N(CC=C)C(C)C)N([C@@H](CC)CO)C(=O)[C@@H]13. The first kappa shape index (κ1) is 29.8. The Morgan fingerprint density at radius 2 is 2.00 bits per heavy atom. The molecule has 2 bridgehead atoms. The summed E-state index contributed by atoms with van der Waals surface area (Å²) in [7, 11) is 0. The number of rotatable bonds is 14. The molecular weight excluding hydrogens is 490 g/mol. The van der Waals surface area contributed by atoms with Crippen LogP contribution in [0.1, 0.15) is 59.8 Å². The molecule has 0 aliphatic carbocycles. The molecule has 3 amide bonds. The van der Waals surface area contributed by atoms with E-state index in [1.807, 2.05) is 20.8 Å². The van der Waals surface area contributed by atoms with Crippen molar-refractivity contribution < 1.29 is 33.8 Å². The first-order valence-corrected chi connectivity index (χ1v) is 13.7. The average Bonchev–Trinajstić information content (AvgIpc) is 3.52. The van der Waals surface area contributed by atoms with Crippen LogP contribution in [0.5, 0.6) is 0 Å². The Bertz CT molecular complexity index is 933. The van der Waals surface area contributed by atoms with Crippen molar-refractivity contribution in [3.05, 3.63) is 25.3 Å². The van der Waals surface area contributed by atoms with Gasteiger partial charge in [-0.1, -0.05) is 19.1 Å². The van der Waals surface area contributed by atoms with Gasteiger partial charge in [0, 0.05) is 19.0 Å². The van der Waals surface area contributed by atoms with Crippen molar-refractivity contribution >= 4 is 23.7 Å². The van der Waals surface area contributed by atoms with Gasteiger partial charge in [-0.05, 0) is 46.5 Å². The molecule has 0 saturated carbocycles. The Labute approximate surface area is 225 Å². The van der Waals surface area contributed by atoms with Crippen molar-refractivity contribution in [3.8, 4) is 0 Å². The molecule has 212 valence electrons. The minimum Gasteiger partial charge on any atom is -0.460 e. The van der Waals surface area contributed by atoms with Gasteiger partial charge in [-0.3, -0.25) is 19.2 Å². The maximum atomic E-state index is 14.0. The topological polar surface area (TPSA) is 125 Å². The molecule has 10 nitrogen and oxygen atoms in total. The van der Waals surface area contributed by atoms with Crippen molar-refractivity contribution in [2.24, 2.45) is 11.8 Å². The van der Waals surface area contributed by atoms with Crippen LogP contribution in [0.3, 0.4) is 0 Å². The van der Waals surface area contributed by atoms with Gasteiger partial charge >= 0.3 is 5.97 Å². The quantitative estimate of drug-likeness (QED) is 0.256. The minimum atomic E-state index is -1.17. The highest BCUT2D eigenvalue weighted by atomic mass is 16.6. The van der Waals surface area contributed by atoms with Gasteiger partial charge in [0.25, 0.3) is 0 Å². The average molecular weight is 534 g/mol. The molecule has 2 N–H and O–H groups in total. The van der Waals surface area contributed by atoms with Gasteiger partial charge < -0.3 is 29.7 Å². The maximum absolute atomic E-state index is 14.0. The second-order valence-corrected chi connectivity index (χ2v) is 10.8. The summed E-state index contributed by atoms with van der Waals surface area (Å²) in [6.07, 6.45) is 4.43. The van der Waals surface area contributed by atoms with Crippen molar-refractivity contribution in [1.29, 1.82) is 0 Å².